The average molecular weight is 357 g/mol. The number of thioether (sulfide) groups is 1. The van der Waals surface area contributed by atoms with Gasteiger partial charge in [-0.25, -0.2) is 13.2 Å². The topological polar surface area (TPSA) is 43.1 Å². The van der Waals surface area contributed by atoms with Gasteiger partial charge in [-0.2, -0.15) is 19.6 Å². The van der Waals surface area contributed by atoms with Gasteiger partial charge >= 0.3 is 0 Å². The number of halogens is 4. The molecular formula is C14H8ClF3N4S. The van der Waals surface area contributed by atoms with Crippen LogP contribution >= 0.6 is 23.4 Å². The highest BCUT2D eigenvalue weighted by Gasteiger charge is 2.24. The summed E-state index contributed by atoms with van der Waals surface area (Å²) in [5, 5.41) is 4.17. The van der Waals surface area contributed by atoms with E-state index >= 15 is 0 Å². The number of rotatable bonds is 4. The van der Waals surface area contributed by atoms with Crippen molar-refractivity contribution in [1.82, 2.24) is 19.6 Å². The van der Waals surface area contributed by atoms with Gasteiger partial charge in [-0.15, -0.1) is 18.3 Å². The predicted octanol–water partition coefficient (Wildman–Crippen LogP) is 4.14. The van der Waals surface area contributed by atoms with Crippen molar-refractivity contribution >= 4 is 29.1 Å². The fraction of sp³-hybridized carbons (Fsp3) is 0.0714. The molecule has 0 saturated carbocycles. The quantitative estimate of drug-likeness (QED) is 0.400. The van der Waals surface area contributed by atoms with Crippen LogP contribution in [0.1, 0.15) is 0 Å². The van der Waals surface area contributed by atoms with E-state index in [4.69, 9.17) is 11.6 Å². The van der Waals surface area contributed by atoms with E-state index < -0.39 is 23.0 Å². The second-order valence-corrected chi connectivity index (χ2v) is 5.77. The minimum atomic E-state index is -1.08. The zero-order valence-corrected chi connectivity index (χ0v) is 13.0. The fourth-order valence-corrected chi connectivity index (χ4v) is 3.24. The van der Waals surface area contributed by atoms with Crippen LogP contribution in [0.15, 0.2) is 36.1 Å². The molecule has 0 aliphatic carbocycles. The van der Waals surface area contributed by atoms with Gasteiger partial charge in [0.25, 0.3) is 5.78 Å². The Hall–Kier alpha value is -2.06. The first-order valence-electron chi connectivity index (χ1n) is 6.30. The third kappa shape index (κ3) is 2.79. The van der Waals surface area contributed by atoms with E-state index in [1.54, 1.807) is 6.08 Å². The van der Waals surface area contributed by atoms with E-state index in [9.17, 15) is 13.2 Å². The molecule has 0 bridgehead atoms. The van der Waals surface area contributed by atoms with E-state index in [0.29, 0.717) is 22.9 Å². The van der Waals surface area contributed by atoms with Gasteiger partial charge < -0.3 is 0 Å². The molecule has 0 atom stereocenters. The van der Waals surface area contributed by atoms with Crippen molar-refractivity contribution in [2.75, 3.05) is 5.75 Å². The predicted molar refractivity (Wildman–Crippen MR) is 82.0 cm³/mol. The van der Waals surface area contributed by atoms with Gasteiger partial charge in [0.1, 0.15) is 34.0 Å². The summed E-state index contributed by atoms with van der Waals surface area (Å²) in [5.41, 5.74) is -0.473. The summed E-state index contributed by atoms with van der Waals surface area (Å²) in [5.74, 6) is -2.55. The van der Waals surface area contributed by atoms with Gasteiger partial charge in [-0.3, -0.25) is 0 Å². The van der Waals surface area contributed by atoms with Crippen LogP contribution in [-0.2, 0) is 0 Å². The van der Waals surface area contributed by atoms with Crippen LogP contribution < -0.4 is 0 Å². The molecule has 0 fully saturated rings. The van der Waals surface area contributed by atoms with Crippen molar-refractivity contribution in [1.29, 1.82) is 0 Å². The first-order valence-corrected chi connectivity index (χ1v) is 7.67. The summed E-state index contributed by atoms with van der Waals surface area (Å²) in [7, 11) is 0. The lowest BCUT2D eigenvalue weighted by atomic mass is 10.1. The van der Waals surface area contributed by atoms with Gasteiger partial charge in [0.15, 0.2) is 0 Å². The molecule has 0 aliphatic rings. The van der Waals surface area contributed by atoms with Crippen LogP contribution in [0, 0.1) is 17.5 Å². The molecule has 4 nitrogen and oxygen atoms in total. The van der Waals surface area contributed by atoms with Gasteiger partial charge in [-0.1, -0.05) is 17.7 Å². The average Bonchev–Trinajstić information content (AvgIpc) is 2.93. The Labute approximate surface area is 138 Å². The van der Waals surface area contributed by atoms with Crippen LogP contribution in [0.5, 0.6) is 0 Å². The van der Waals surface area contributed by atoms with Crippen molar-refractivity contribution in [2.24, 2.45) is 0 Å². The fourth-order valence-electron chi connectivity index (χ4n) is 2.06. The monoisotopic (exact) mass is 356 g/mol. The Morgan fingerprint density at radius 1 is 1.22 bits per heavy atom. The lowest BCUT2D eigenvalue weighted by Crippen LogP contribution is -2.03. The molecule has 0 radical (unpaired) electrons. The molecule has 3 aromatic rings. The summed E-state index contributed by atoms with van der Waals surface area (Å²) in [6.45, 7) is 3.60. The van der Waals surface area contributed by atoms with Crippen molar-refractivity contribution in [3.63, 3.8) is 0 Å². The van der Waals surface area contributed by atoms with Gasteiger partial charge in [0.2, 0.25) is 0 Å². The van der Waals surface area contributed by atoms with E-state index in [-0.39, 0.29) is 16.5 Å². The summed E-state index contributed by atoms with van der Waals surface area (Å²) in [6.07, 6.45) is 2.86. The van der Waals surface area contributed by atoms with Crippen molar-refractivity contribution in [3.05, 3.63) is 53.7 Å². The number of aromatic nitrogens is 4. The summed E-state index contributed by atoms with van der Waals surface area (Å²) in [6, 6.07) is 1.17. The lowest BCUT2D eigenvalue weighted by molar-refractivity contribution is 0.547. The highest BCUT2D eigenvalue weighted by Crippen LogP contribution is 2.39. The maximum atomic E-state index is 14.2. The molecule has 2 aromatic heterocycles. The summed E-state index contributed by atoms with van der Waals surface area (Å²) in [4.78, 5) is 7.89. The molecule has 9 heteroatoms. The highest BCUT2D eigenvalue weighted by atomic mass is 35.5. The Balaban J connectivity index is 2.36. The number of hydrogen-bond donors (Lipinski definition) is 0. The van der Waals surface area contributed by atoms with E-state index in [2.05, 4.69) is 21.6 Å². The number of fused-ring (bicyclic) bond motifs is 1. The zero-order chi connectivity index (χ0) is 16.6. The largest absolute Gasteiger partial charge is 0.254 e. The molecule has 0 saturated heterocycles. The lowest BCUT2D eigenvalue weighted by Gasteiger charge is -2.13. The minimum Gasteiger partial charge on any atom is -0.207 e. The second-order valence-electron chi connectivity index (χ2n) is 4.40. The Kier molecular flexibility index (Phi) is 4.27. The highest BCUT2D eigenvalue weighted by molar-refractivity contribution is 7.99. The molecule has 2 heterocycles. The standard InChI is InChI=1S/C14H8ClF3N4S/c1-2-3-23-13-11(10-8(17)4-7(16)5-9(10)18)12(15)21-14-19-6-20-22(13)14/h2,4-6H,1,3H2. The van der Waals surface area contributed by atoms with Crippen LogP contribution in [-0.4, -0.2) is 25.3 Å². The maximum absolute atomic E-state index is 14.2. The Morgan fingerprint density at radius 3 is 2.57 bits per heavy atom. The van der Waals surface area contributed by atoms with E-state index in [1.807, 2.05) is 0 Å². The second kappa shape index (κ2) is 6.21. The van der Waals surface area contributed by atoms with Crippen molar-refractivity contribution in [2.45, 2.75) is 5.03 Å². The third-order valence-electron chi connectivity index (χ3n) is 2.94. The molecule has 23 heavy (non-hydrogen) atoms. The van der Waals surface area contributed by atoms with Crippen molar-refractivity contribution in [3.8, 4) is 11.1 Å². The molecule has 0 spiro atoms. The number of hydrogen-bond acceptors (Lipinski definition) is 4. The Morgan fingerprint density at radius 2 is 1.91 bits per heavy atom. The first-order chi connectivity index (χ1) is 11.0. The molecule has 0 aliphatic heterocycles. The molecule has 3 rings (SSSR count). The van der Waals surface area contributed by atoms with Crippen LogP contribution in [0.25, 0.3) is 16.9 Å². The molecule has 1 aromatic carbocycles. The van der Waals surface area contributed by atoms with Gasteiger partial charge in [-0.05, 0) is 0 Å². The van der Waals surface area contributed by atoms with E-state index in [1.165, 1.54) is 22.6 Å². The van der Waals surface area contributed by atoms with Gasteiger partial charge in [0.05, 0.1) is 11.1 Å². The smallest absolute Gasteiger partial charge is 0.207 e. The molecule has 0 amide bonds. The summed E-state index contributed by atoms with van der Waals surface area (Å²) < 4.78 is 42.8. The van der Waals surface area contributed by atoms with Crippen molar-refractivity contribution < 1.29 is 13.2 Å². The maximum Gasteiger partial charge on any atom is 0.254 e. The van der Waals surface area contributed by atoms with Crippen LogP contribution in [0.3, 0.4) is 0 Å². The van der Waals surface area contributed by atoms with E-state index in [0.717, 1.165) is 0 Å². The first kappa shape index (κ1) is 15.8. The number of nitrogens with zero attached hydrogens (tertiary/aromatic N) is 4. The zero-order valence-electron chi connectivity index (χ0n) is 11.4. The molecule has 0 N–H and O–H groups in total. The minimum absolute atomic E-state index is 0.00785. The molecular weight excluding hydrogens is 349 g/mol. The third-order valence-corrected chi connectivity index (χ3v) is 4.26. The molecule has 0 unspecified atom stereocenters. The Bertz CT molecular complexity index is 889. The van der Waals surface area contributed by atoms with Gasteiger partial charge in [0, 0.05) is 17.9 Å². The number of benzene rings is 1. The van der Waals surface area contributed by atoms with Crippen LogP contribution in [0.2, 0.25) is 5.15 Å². The van der Waals surface area contributed by atoms with Crippen LogP contribution in [0.4, 0.5) is 13.2 Å². The SMILES string of the molecule is C=CCSc1c(-c2c(F)cc(F)cc2F)c(Cl)nc2ncnn12. The normalized spacial score (nSPS) is 11.1. The molecule has 118 valence electrons. The summed E-state index contributed by atoms with van der Waals surface area (Å²) >= 11 is 7.31.